The Hall–Kier alpha value is -3.43. The zero-order chi connectivity index (χ0) is 28.6. The minimum Gasteiger partial charge on any atom is -0.354 e. The number of sulfonamides is 1. The van der Waals surface area contributed by atoms with Gasteiger partial charge >= 0.3 is 0 Å². The molecule has 0 saturated heterocycles. The Kier molecular flexibility index (Phi) is 10.5. The summed E-state index contributed by atoms with van der Waals surface area (Å²) in [5.41, 5.74) is 1.60. The number of carbonyl (C=O) groups excluding carboxylic acids is 2. The molecule has 208 valence electrons. The van der Waals surface area contributed by atoms with Gasteiger partial charge in [-0.15, -0.1) is 0 Å². The molecule has 0 unspecified atom stereocenters. The molecule has 0 heterocycles. The molecule has 2 amide bonds. The van der Waals surface area contributed by atoms with Crippen LogP contribution in [0.5, 0.6) is 0 Å². The lowest BCUT2D eigenvalue weighted by Gasteiger charge is -2.32. The number of hydrogen-bond acceptors (Lipinski definition) is 4. The van der Waals surface area contributed by atoms with Crippen molar-refractivity contribution < 1.29 is 22.4 Å². The first-order chi connectivity index (χ1) is 18.5. The van der Waals surface area contributed by atoms with Crippen LogP contribution in [0.4, 0.5) is 10.1 Å². The molecule has 3 aromatic carbocycles. The van der Waals surface area contributed by atoms with Crippen molar-refractivity contribution in [2.75, 3.05) is 17.4 Å². The van der Waals surface area contributed by atoms with Crippen molar-refractivity contribution in [1.82, 2.24) is 10.2 Å². The Bertz CT molecular complexity index is 1380. The Morgan fingerprint density at radius 3 is 2.26 bits per heavy atom. The number of nitrogens with one attached hydrogen (secondary N) is 1. The number of halogens is 2. The molecule has 1 atom stereocenters. The Labute approximate surface area is 234 Å². The highest BCUT2D eigenvalue weighted by molar-refractivity contribution is 7.92. The predicted molar refractivity (Wildman–Crippen MR) is 151 cm³/mol. The van der Waals surface area contributed by atoms with Crippen LogP contribution in [-0.2, 0) is 26.2 Å². The second-order valence-electron chi connectivity index (χ2n) is 9.24. The summed E-state index contributed by atoms with van der Waals surface area (Å²) in [6.45, 7) is 5.24. The number of rotatable bonds is 12. The first-order valence-corrected chi connectivity index (χ1v) is 14.5. The minimum absolute atomic E-state index is 0.00346. The van der Waals surface area contributed by atoms with E-state index in [1.807, 2.05) is 13.8 Å². The maximum atomic E-state index is 13.8. The Morgan fingerprint density at radius 2 is 1.64 bits per heavy atom. The van der Waals surface area contributed by atoms with Crippen LogP contribution < -0.4 is 9.62 Å². The van der Waals surface area contributed by atoms with E-state index in [4.69, 9.17) is 11.6 Å². The molecule has 10 heteroatoms. The second kappa shape index (κ2) is 13.6. The molecule has 0 aromatic heterocycles. The standard InChI is InChI=1S/C29H33ClFN3O4S/c1-4-5-18-32-29(36)22(3)33(19-23-12-14-24(31)15-13-23)28(35)20-34(27-9-7-6-8-26(27)30)39(37,38)25-16-10-21(2)11-17-25/h6-17,22H,4-5,18-20H2,1-3H3,(H,32,36)/t22-/m1/s1. The number of amides is 2. The number of carbonyl (C=O) groups is 2. The van der Waals surface area contributed by atoms with Crippen molar-refractivity contribution in [2.45, 2.75) is 51.1 Å². The van der Waals surface area contributed by atoms with E-state index in [0.29, 0.717) is 12.1 Å². The van der Waals surface area contributed by atoms with Crippen molar-refractivity contribution in [3.8, 4) is 0 Å². The number of anilines is 1. The molecule has 0 fully saturated rings. The van der Waals surface area contributed by atoms with Gasteiger partial charge in [-0.05, 0) is 62.2 Å². The topological polar surface area (TPSA) is 86.8 Å². The number of hydrogen-bond donors (Lipinski definition) is 1. The summed E-state index contributed by atoms with van der Waals surface area (Å²) in [5, 5.41) is 2.97. The van der Waals surface area contributed by atoms with Gasteiger partial charge in [-0.3, -0.25) is 13.9 Å². The lowest BCUT2D eigenvalue weighted by Crippen LogP contribution is -2.51. The summed E-state index contributed by atoms with van der Waals surface area (Å²) in [6, 6.07) is 17.3. The maximum Gasteiger partial charge on any atom is 0.264 e. The molecule has 0 bridgehead atoms. The highest BCUT2D eigenvalue weighted by atomic mass is 35.5. The van der Waals surface area contributed by atoms with Crippen molar-refractivity contribution in [1.29, 1.82) is 0 Å². The number of para-hydroxylation sites is 1. The fourth-order valence-electron chi connectivity index (χ4n) is 3.91. The van der Waals surface area contributed by atoms with Gasteiger partial charge in [0.15, 0.2) is 0 Å². The Morgan fingerprint density at radius 1 is 1.00 bits per heavy atom. The largest absolute Gasteiger partial charge is 0.354 e. The SMILES string of the molecule is CCCCNC(=O)[C@@H](C)N(Cc1ccc(F)cc1)C(=O)CN(c1ccccc1Cl)S(=O)(=O)c1ccc(C)cc1. The van der Waals surface area contributed by atoms with E-state index < -0.39 is 34.3 Å². The van der Waals surface area contributed by atoms with Crippen LogP contribution in [0.2, 0.25) is 5.02 Å². The second-order valence-corrected chi connectivity index (χ2v) is 11.5. The van der Waals surface area contributed by atoms with Crippen LogP contribution in [0.15, 0.2) is 77.7 Å². The zero-order valence-corrected chi connectivity index (χ0v) is 23.8. The van der Waals surface area contributed by atoms with E-state index in [1.54, 1.807) is 37.3 Å². The van der Waals surface area contributed by atoms with E-state index >= 15 is 0 Å². The highest BCUT2D eigenvalue weighted by Crippen LogP contribution is 2.31. The molecule has 0 aliphatic heterocycles. The maximum absolute atomic E-state index is 13.8. The van der Waals surface area contributed by atoms with Gasteiger partial charge in [-0.1, -0.05) is 66.9 Å². The van der Waals surface area contributed by atoms with E-state index in [9.17, 15) is 22.4 Å². The summed E-state index contributed by atoms with van der Waals surface area (Å²) in [5.74, 6) is -1.42. The summed E-state index contributed by atoms with van der Waals surface area (Å²) < 4.78 is 42.1. The minimum atomic E-state index is -4.21. The van der Waals surface area contributed by atoms with Gasteiger partial charge < -0.3 is 10.2 Å². The molecule has 0 spiro atoms. The summed E-state index contributed by atoms with van der Waals surface area (Å²) in [4.78, 5) is 28.1. The fourth-order valence-corrected chi connectivity index (χ4v) is 5.63. The van der Waals surface area contributed by atoms with Crippen LogP contribution in [0.3, 0.4) is 0 Å². The average molecular weight is 574 g/mol. The van der Waals surface area contributed by atoms with Gasteiger partial charge in [-0.25, -0.2) is 12.8 Å². The third-order valence-corrected chi connectivity index (χ3v) is 8.37. The molecule has 0 radical (unpaired) electrons. The molecule has 3 aromatic rings. The third-order valence-electron chi connectivity index (χ3n) is 6.27. The molecular weight excluding hydrogens is 541 g/mol. The number of benzene rings is 3. The zero-order valence-electron chi connectivity index (χ0n) is 22.2. The molecule has 1 N–H and O–H groups in total. The van der Waals surface area contributed by atoms with Gasteiger partial charge in [-0.2, -0.15) is 0 Å². The molecule has 39 heavy (non-hydrogen) atoms. The molecule has 0 aliphatic rings. The van der Waals surface area contributed by atoms with E-state index in [0.717, 1.165) is 22.7 Å². The van der Waals surface area contributed by atoms with Crippen LogP contribution in [0.1, 0.15) is 37.8 Å². The molecule has 7 nitrogen and oxygen atoms in total. The Balaban J connectivity index is 2.00. The van der Waals surface area contributed by atoms with Gasteiger partial charge in [0.1, 0.15) is 18.4 Å². The lowest BCUT2D eigenvalue weighted by molar-refractivity contribution is -0.139. The number of nitrogens with zero attached hydrogens (tertiary/aromatic N) is 2. The van der Waals surface area contributed by atoms with E-state index in [1.165, 1.54) is 47.4 Å². The lowest BCUT2D eigenvalue weighted by atomic mass is 10.1. The molecule has 3 rings (SSSR count). The highest BCUT2D eigenvalue weighted by Gasteiger charge is 2.33. The average Bonchev–Trinajstić information content (AvgIpc) is 2.91. The van der Waals surface area contributed by atoms with E-state index in [-0.39, 0.29) is 28.1 Å². The molecule has 0 aliphatic carbocycles. The van der Waals surface area contributed by atoms with Crippen LogP contribution in [-0.4, -0.2) is 44.3 Å². The third kappa shape index (κ3) is 7.80. The van der Waals surface area contributed by atoms with Crippen LogP contribution in [0, 0.1) is 12.7 Å². The smallest absolute Gasteiger partial charge is 0.264 e. The summed E-state index contributed by atoms with van der Waals surface area (Å²) in [6.07, 6.45) is 1.66. The van der Waals surface area contributed by atoms with Gasteiger partial charge in [0.25, 0.3) is 10.0 Å². The first-order valence-electron chi connectivity index (χ1n) is 12.7. The quantitative estimate of drug-likeness (QED) is 0.297. The number of aryl methyl sites for hydroxylation is 1. The fraction of sp³-hybridized carbons (Fsp3) is 0.310. The molecular formula is C29H33ClFN3O4S. The van der Waals surface area contributed by atoms with Gasteiger partial charge in [0, 0.05) is 13.1 Å². The van der Waals surface area contributed by atoms with Crippen LogP contribution in [0.25, 0.3) is 0 Å². The summed E-state index contributed by atoms with van der Waals surface area (Å²) in [7, 11) is -4.21. The monoisotopic (exact) mass is 573 g/mol. The van der Waals surface area contributed by atoms with Crippen molar-refractivity contribution in [3.63, 3.8) is 0 Å². The molecule has 0 saturated carbocycles. The van der Waals surface area contributed by atoms with Gasteiger partial charge in [0.05, 0.1) is 15.6 Å². The van der Waals surface area contributed by atoms with Crippen molar-refractivity contribution in [3.05, 3.63) is 94.8 Å². The normalized spacial score (nSPS) is 12.0. The summed E-state index contributed by atoms with van der Waals surface area (Å²) >= 11 is 6.40. The first kappa shape index (κ1) is 30.1. The van der Waals surface area contributed by atoms with Crippen LogP contribution >= 0.6 is 11.6 Å². The van der Waals surface area contributed by atoms with Gasteiger partial charge in [0.2, 0.25) is 11.8 Å². The van der Waals surface area contributed by atoms with E-state index in [2.05, 4.69) is 5.32 Å². The van der Waals surface area contributed by atoms with Crippen molar-refractivity contribution in [2.24, 2.45) is 0 Å². The number of unbranched alkanes of at least 4 members (excludes halogenated alkanes) is 1. The van der Waals surface area contributed by atoms with Crippen molar-refractivity contribution >= 4 is 39.1 Å². The predicted octanol–water partition coefficient (Wildman–Crippen LogP) is 5.32.